The molecule has 0 aromatic carbocycles. The summed E-state index contributed by atoms with van der Waals surface area (Å²) < 4.78 is 7.78. The molecule has 0 atom stereocenters. The van der Waals surface area contributed by atoms with Gasteiger partial charge in [-0.3, -0.25) is 9.48 Å². The number of halogens is 1. The Bertz CT molecular complexity index is 538. The van der Waals surface area contributed by atoms with Gasteiger partial charge in [0.1, 0.15) is 0 Å². The molecule has 96 valence electrons. The number of amides is 1. The normalized spacial score (nSPS) is 10.6. The van der Waals surface area contributed by atoms with Gasteiger partial charge < -0.3 is 10.1 Å². The Morgan fingerprint density at radius 2 is 2.50 bits per heavy atom. The number of carbonyl (C=O) groups excluding carboxylic acids is 1. The number of nitrogens with zero attached hydrogens (tertiary/aromatic N) is 2. The van der Waals surface area contributed by atoms with Crippen molar-refractivity contribution in [1.29, 1.82) is 0 Å². The highest BCUT2D eigenvalue weighted by Gasteiger charge is 2.09. The van der Waals surface area contributed by atoms with E-state index in [2.05, 4.69) is 33.0 Å². The predicted octanol–water partition coefficient (Wildman–Crippen LogP) is 2.45. The van der Waals surface area contributed by atoms with Crippen LogP contribution in [0.15, 0.2) is 23.8 Å². The van der Waals surface area contributed by atoms with Crippen molar-refractivity contribution in [1.82, 2.24) is 9.78 Å². The fourth-order valence-corrected chi connectivity index (χ4v) is 2.69. The number of methoxy groups -OCH3 is 1. The van der Waals surface area contributed by atoms with Crippen molar-refractivity contribution in [2.45, 2.75) is 6.54 Å². The summed E-state index contributed by atoms with van der Waals surface area (Å²) in [5.74, 6) is -0.111. The molecule has 0 radical (unpaired) electrons. The van der Waals surface area contributed by atoms with Crippen LogP contribution in [0.25, 0.3) is 0 Å². The van der Waals surface area contributed by atoms with Gasteiger partial charge in [-0.05, 0) is 28.7 Å². The molecule has 2 aromatic rings. The molecule has 0 aliphatic carbocycles. The summed E-state index contributed by atoms with van der Waals surface area (Å²) in [7, 11) is 1.64. The number of carbonyl (C=O) groups is 1. The van der Waals surface area contributed by atoms with E-state index in [4.69, 9.17) is 4.74 Å². The van der Waals surface area contributed by atoms with Gasteiger partial charge in [-0.1, -0.05) is 0 Å². The van der Waals surface area contributed by atoms with E-state index in [0.29, 0.717) is 24.4 Å². The van der Waals surface area contributed by atoms with Crippen LogP contribution in [-0.2, 0) is 11.3 Å². The van der Waals surface area contributed by atoms with Crippen molar-refractivity contribution in [3.8, 4) is 0 Å². The average molecular weight is 377 g/mol. The van der Waals surface area contributed by atoms with Gasteiger partial charge in [-0.2, -0.15) is 5.10 Å². The third-order valence-corrected chi connectivity index (χ3v) is 4.03. The lowest BCUT2D eigenvalue weighted by Gasteiger charge is -2.00. The molecule has 0 aliphatic heterocycles. The number of thiophene rings is 1. The number of rotatable bonds is 5. The van der Waals surface area contributed by atoms with E-state index in [1.165, 1.54) is 0 Å². The first-order valence-corrected chi connectivity index (χ1v) is 7.21. The highest BCUT2D eigenvalue weighted by molar-refractivity contribution is 14.1. The lowest BCUT2D eigenvalue weighted by Crippen LogP contribution is -2.10. The Balaban J connectivity index is 1.97. The van der Waals surface area contributed by atoms with Crippen LogP contribution in [0.4, 0.5) is 5.69 Å². The highest BCUT2D eigenvalue weighted by atomic mass is 127. The van der Waals surface area contributed by atoms with E-state index in [9.17, 15) is 4.79 Å². The molecule has 0 spiro atoms. The molecule has 7 heteroatoms. The van der Waals surface area contributed by atoms with E-state index < -0.39 is 0 Å². The second-order valence-electron chi connectivity index (χ2n) is 3.58. The van der Waals surface area contributed by atoms with E-state index in [-0.39, 0.29) is 5.91 Å². The van der Waals surface area contributed by atoms with E-state index >= 15 is 0 Å². The monoisotopic (exact) mass is 377 g/mol. The van der Waals surface area contributed by atoms with Crippen molar-refractivity contribution in [2.75, 3.05) is 19.0 Å². The zero-order chi connectivity index (χ0) is 13.0. The minimum atomic E-state index is -0.111. The van der Waals surface area contributed by atoms with Gasteiger partial charge in [0.25, 0.3) is 5.91 Å². The SMILES string of the molecule is COCCn1cc(NC(=O)c2csc(I)c2)cn1. The van der Waals surface area contributed by atoms with Gasteiger partial charge in [0.15, 0.2) is 0 Å². The van der Waals surface area contributed by atoms with Crippen molar-refractivity contribution in [3.05, 3.63) is 32.3 Å². The zero-order valence-corrected chi connectivity index (χ0v) is 12.7. The van der Waals surface area contributed by atoms with Crippen LogP contribution >= 0.6 is 33.9 Å². The molecule has 2 aromatic heterocycles. The molecule has 0 saturated carbocycles. The van der Waals surface area contributed by atoms with Crippen molar-refractivity contribution in [3.63, 3.8) is 0 Å². The Labute approximate surface area is 122 Å². The number of hydrogen-bond donors (Lipinski definition) is 1. The van der Waals surface area contributed by atoms with Crippen LogP contribution in [-0.4, -0.2) is 29.4 Å². The maximum Gasteiger partial charge on any atom is 0.256 e. The molecule has 1 amide bonds. The maximum absolute atomic E-state index is 11.9. The van der Waals surface area contributed by atoms with Gasteiger partial charge in [-0.15, -0.1) is 11.3 Å². The average Bonchev–Trinajstić information content (AvgIpc) is 2.96. The Morgan fingerprint density at radius 3 is 3.17 bits per heavy atom. The topological polar surface area (TPSA) is 56.1 Å². The van der Waals surface area contributed by atoms with Crippen LogP contribution in [0, 0.1) is 2.88 Å². The number of nitrogens with one attached hydrogen (secondary N) is 1. The molecule has 0 aliphatic rings. The third kappa shape index (κ3) is 3.53. The summed E-state index contributed by atoms with van der Waals surface area (Å²) in [6.45, 7) is 1.26. The Kier molecular flexibility index (Phi) is 4.72. The molecule has 0 unspecified atom stereocenters. The molecule has 1 N–H and O–H groups in total. The van der Waals surface area contributed by atoms with Crippen LogP contribution in [0.5, 0.6) is 0 Å². The standard InChI is InChI=1S/C11H12IN3O2S/c1-17-3-2-15-6-9(5-13-15)14-11(16)8-4-10(12)18-7-8/h4-7H,2-3H2,1H3,(H,14,16). The van der Waals surface area contributed by atoms with Gasteiger partial charge >= 0.3 is 0 Å². The van der Waals surface area contributed by atoms with Crippen molar-refractivity contribution >= 4 is 45.5 Å². The Morgan fingerprint density at radius 1 is 1.67 bits per heavy atom. The largest absolute Gasteiger partial charge is 0.383 e. The molecule has 0 fully saturated rings. The molecule has 2 heterocycles. The minimum Gasteiger partial charge on any atom is -0.383 e. The summed E-state index contributed by atoms with van der Waals surface area (Å²) >= 11 is 3.74. The fourth-order valence-electron chi connectivity index (χ4n) is 1.37. The first-order chi connectivity index (χ1) is 8.69. The molecular weight excluding hydrogens is 365 g/mol. The van der Waals surface area contributed by atoms with Gasteiger partial charge in [-0.25, -0.2) is 0 Å². The molecule has 5 nitrogen and oxygen atoms in total. The summed E-state index contributed by atoms with van der Waals surface area (Å²) in [6.07, 6.45) is 3.42. The molecule has 2 rings (SSSR count). The van der Waals surface area contributed by atoms with E-state index in [1.807, 2.05) is 11.4 Å². The molecule has 0 saturated heterocycles. The summed E-state index contributed by atoms with van der Waals surface area (Å²) in [4.78, 5) is 11.9. The summed E-state index contributed by atoms with van der Waals surface area (Å²) in [6, 6.07) is 1.86. The quantitative estimate of drug-likeness (QED) is 0.815. The number of hydrogen-bond acceptors (Lipinski definition) is 4. The van der Waals surface area contributed by atoms with Crippen molar-refractivity contribution in [2.24, 2.45) is 0 Å². The van der Waals surface area contributed by atoms with Crippen molar-refractivity contribution < 1.29 is 9.53 Å². The summed E-state index contributed by atoms with van der Waals surface area (Å²) in [5, 5.41) is 8.78. The van der Waals surface area contributed by atoms with E-state index in [0.717, 1.165) is 2.88 Å². The Hall–Kier alpha value is -0.930. The molecule has 18 heavy (non-hydrogen) atoms. The molecular formula is C11H12IN3O2S. The fraction of sp³-hybridized carbons (Fsp3) is 0.273. The van der Waals surface area contributed by atoms with Crippen LogP contribution in [0.1, 0.15) is 10.4 Å². The summed E-state index contributed by atoms with van der Waals surface area (Å²) in [5.41, 5.74) is 1.37. The zero-order valence-electron chi connectivity index (χ0n) is 9.72. The van der Waals surface area contributed by atoms with Gasteiger partial charge in [0.05, 0.1) is 33.5 Å². The van der Waals surface area contributed by atoms with Crippen LogP contribution in [0.2, 0.25) is 0 Å². The lowest BCUT2D eigenvalue weighted by molar-refractivity contribution is 0.102. The lowest BCUT2D eigenvalue weighted by atomic mass is 10.3. The van der Waals surface area contributed by atoms with Crippen LogP contribution < -0.4 is 5.32 Å². The van der Waals surface area contributed by atoms with Crippen LogP contribution in [0.3, 0.4) is 0 Å². The predicted molar refractivity (Wildman–Crippen MR) is 79.1 cm³/mol. The van der Waals surface area contributed by atoms with E-state index in [1.54, 1.807) is 35.5 Å². The minimum absolute atomic E-state index is 0.111. The van der Waals surface area contributed by atoms with Gasteiger partial charge in [0, 0.05) is 18.7 Å². The third-order valence-electron chi connectivity index (χ3n) is 2.25. The first-order valence-electron chi connectivity index (χ1n) is 5.26. The number of ether oxygens (including phenoxy) is 1. The number of aromatic nitrogens is 2. The highest BCUT2D eigenvalue weighted by Crippen LogP contribution is 2.17. The second-order valence-corrected chi connectivity index (χ2v) is 6.38. The number of anilines is 1. The first kappa shape index (κ1) is 13.5. The second kappa shape index (κ2) is 6.30. The smallest absolute Gasteiger partial charge is 0.256 e. The maximum atomic E-state index is 11.9. The van der Waals surface area contributed by atoms with Gasteiger partial charge in [0.2, 0.25) is 0 Å². The molecule has 0 bridgehead atoms.